The van der Waals surface area contributed by atoms with Crippen LogP contribution in [0.4, 0.5) is 11.4 Å². The van der Waals surface area contributed by atoms with Crippen LogP contribution in [0, 0.1) is 0 Å². The quantitative estimate of drug-likeness (QED) is 0.729. The van der Waals surface area contributed by atoms with Gasteiger partial charge in [0.15, 0.2) is 0 Å². The molecule has 0 spiro atoms. The Morgan fingerprint density at radius 2 is 1.90 bits per heavy atom. The Morgan fingerprint density at radius 3 is 2.66 bits per heavy atom. The van der Waals surface area contributed by atoms with Crippen LogP contribution in [0.1, 0.15) is 55.4 Å². The van der Waals surface area contributed by atoms with E-state index in [9.17, 15) is 0 Å². The number of methoxy groups -OCH3 is 1. The first-order valence-electron chi connectivity index (χ1n) is 11.1. The predicted octanol–water partition coefficient (Wildman–Crippen LogP) is 4.60. The molecule has 0 aromatic heterocycles. The molecular weight excluding hydrogens is 356 g/mol. The summed E-state index contributed by atoms with van der Waals surface area (Å²) in [6, 6.07) is 11.1. The zero-order valence-electron chi connectivity index (χ0n) is 18.4. The molecule has 0 fully saturated rings. The first-order chi connectivity index (χ1) is 14.0. The zero-order valence-corrected chi connectivity index (χ0v) is 18.4. The normalized spacial score (nSPS) is 16.2. The minimum Gasteiger partial charge on any atom is -0.496 e. The summed E-state index contributed by atoms with van der Waals surface area (Å²) in [4.78, 5) is 2.58. The number of anilines is 1. The summed E-state index contributed by atoms with van der Waals surface area (Å²) in [5, 5.41) is 2.21. The molecule has 0 saturated carbocycles. The molecule has 4 rings (SSSR count). The Labute approximate surface area is 175 Å². The van der Waals surface area contributed by atoms with Crippen molar-refractivity contribution in [1.29, 1.82) is 0 Å². The molecule has 2 aromatic carbocycles. The van der Waals surface area contributed by atoms with E-state index in [0.717, 1.165) is 18.6 Å². The Bertz CT molecular complexity index is 911. The van der Waals surface area contributed by atoms with Gasteiger partial charge in [-0.05, 0) is 55.2 Å². The van der Waals surface area contributed by atoms with Crippen LogP contribution in [-0.2, 0) is 18.3 Å². The molecule has 0 bridgehead atoms. The Balaban J connectivity index is 1.63. The highest BCUT2D eigenvalue weighted by Crippen LogP contribution is 2.43. The Morgan fingerprint density at radius 1 is 1.14 bits per heavy atom. The van der Waals surface area contributed by atoms with Gasteiger partial charge in [0.1, 0.15) is 11.4 Å². The van der Waals surface area contributed by atoms with E-state index in [1.165, 1.54) is 66.0 Å². The molecule has 0 unspecified atom stereocenters. The summed E-state index contributed by atoms with van der Waals surface area (Å²) in [6.07, 6.45) is 10.5. The molecule has 29 heavy (non-hydrogen) atoms. The van der Waals surface area contributed by atoms with Crippen LogP contribution in [0.2, 0.25) is 0 Å². The number of para-hydroxylation sites is 1. The number of aryl methyl sites for hydroxylation is 1. The smallest absolute Gasteiger partial charge is 0.133 e. The second-order valence-electron chi connectivity index (χ2n) is 9.05. The molecule has 2 aliphatic heterocycles. The van der Waals surface area contributed by atoms with Gasteiger partial charge in [0.2, 0.25) is 0 Å². The number of hydrogen-bond donors (Lipinski definition) is 1. The van der Waals surface area contributed by atoms with E-state index in [0.29, 0.717) is 0 Å². The number of rotatable bonds is 6. The van der Waals surface area contributed by atoms with Gasteiger partial charge in [-0.1, -0.05) is 44.2 Å². The summed E-state index contributed by atoms with van der Waals surface area (Å²) >= 11 is 0. The highest BCUT2D eigenvalue weighted by Gasteiger charge is 2.28. The lowest BCUT2D eigenvalue weighted by molar-refractivity contribution is -0.540. The van der Waals surface area contributed by atoms with Crippen molar-refractivity contribution in [3.63, 3.8) is 0 Å². The molecule has 154 valence electrons. The second-order valence-corrected chi connectivity index (χ2v) is 9.05. The lowest BCUT2D eigenvalue weighted by Crippen LogP contribution is -2.73. The van der Waals surface area contributed by atoms with Crippen molar-refractivity contribution in [3.05, 3.63) is 58.7 Å². The molecule has 0 radical (unpaired) electrons. The second kappa shape index (κ2) is 8.23. The molecule has 0 amide bonds. The van der Waals surface area contributed by atoms with Gasteiger partial charge in [-0.15, -0.1) is 0 Å². The first-order valence-corrected chi connectivity index (χ1v) is 11.1. The third-order valence-electron chi connectivity index (χ3n) is 6.63. The maximum atomic E-state index is 5.94. The third-order valence-corrected chi connectivity index (χ3v) is 6.63. The van der Waals surface area contributed by atoms with Crippen molar-refractivity contribution < 1.29 is 10.1 Å². The molecule has 0 saturated heterocycles. The summed E-state index contributed by atoms with van der Waals surface area (Å²) in [5.74, 6) is 1.09. The van der Waals surface area contributed by atoms with Crippen molar-refractivity contribution in [3.8, 4) is 5.75 Å². The van der Waals surface area contributed by atoms with Gasteiger partial charge in [-0.25, -0.2) is 0 Å². The summed E-state index contributed by atoms with van der Waals surface area (Å²) in [6.45, 7) is 7.07. The van der Waals surface area contributed by atoms with Crippen LogP contribution < -0.4 is 15.0 Å². The fourth-order valence-electron chi connectivity index (χ4n) is 5.18. The number of nitrogens with two attached hydrogens (primary N) is 1. The molecule has 0 aliphatic carbocycles. The van der Waals surface area contributed by atoms with Crippen molar-refractivity contribution >= 4 is 17.5 Å². The minimum absolute atomic E-state index is 0.0894. The average Bonchev–Trinajstić information content (AvgIpc) is 2.74. The molecule has 2 aliphatic rings. The van der Waals surface area contributed by atoms with Crippen molar-refractivity contribution in [2.45, 2.75) is 51.4 Å². The largest absolute Gasteiger partial charge is 0.496 e. The molecular formula is C26H35N2O+. The summed E-state index contributed by atoms with van der Waals surface area (Å²) < 4.78 is 5.94. The minimum atomic E-state index is 0.0894. The van der Waals surface area contributed by atoms with Gasteiger partial charge in [-0.2, -0.15) is 0 Å². The molecule has 3 nitrogen and oxygen atoms in total. The predicted molar refractivity (Wildman–Crippen MR) is 122 cm³/mol. The van der Waals surface area contributed by atoms with E-state index in [2.05, 4.69) is 73.6 Å². The van der Waals surface area contributed by atoms with Gasteiger partial charge in [-0.3, -0.25) is 0 Å². The van der Waals surface area contributed by atoms with Crippen LogP contribution in [-0.4, -0.2) is 27.2 Å². The van der Waals surface area contributed by atoms with Crippen molar-refractivity contribution in [1.82, 2.24) is 0 Å². The van der Waals surface area contributed by atoms with Crippen LogP contribution >= 0.6 is 0 Å². The molecule has 3 heteroatoms. The van der Waals surface area contributed by atoms with E-state index < -0.39 is 0 Å². The molecule has 0 atom stereocenters. The van der Waals surface area contributed by atoms with Crippen LogP contribution in [0.25, 0.3) is 6.08 Å². The fraction of sp³-hybridized carbons (Fsp3) is 0.462. The standard InChI is InChI=1S/C26H34N2O/c1-26(2,22-13-5-6-14-23(22)27-3)15-7-10-20-18-19-11-8-16-28-17-9-12-21(24(19)28)25(20)29-4/h5-7,10,13-14,18,27H,8-9,11-12,15-17H2,1-4H3/p+1/b10-7+. The van der Waals surface area contributed by atoms with Crippen molar-refractivity contribution in [2.75, 3.05) is 32.1 Å². The molecule has 2 N–H and O–H groups in total. The van der Waals surface area contributed by atoms with Gasteiger partial charge in [0, 0.05) is 35.5 Å². The maximum Gasteiger partial charge on any atom is 0.133 e. The molecule has 2 heterocycles. The summed E-state index contributed by atoms with van der Waals surface area (Å²) in [7, 11) is 3.95. The van der Waals surface area contributed by atoms with E-state index in [1.54, 1.807) is 0 Å². The monoisotopic (exact) mass is 391 g/mol. The third kappa shape index (κ3) is 3.81. The van der Waals surface area contributed by atoms with E-state index in [-0.39, 0.29) is 5.41 Å². The fourth-order valence-corrected chi connectivity index (χ4v) is 5.18. The topological polar surface area (TPSA) is 29.1 Å². The van der Waals surface area contributed by atoms with Gasteiger partial charge in [0.05, 0.1) is 14.2 Å². The van der Waals surface area contributed by atoms with Gasteiger partial charge >= 0.3 is 0 Å². The maximum absolute atomic E-state index is 5.94. The van der Waals surface area contributed by atoms with Crippen LogP contribution in [0.3, 0.4) is 0 Å². The lowest BCUT2D eigenvalue weighted by atomic mass is 9.80. The number of nitrogens with zero attached hydrogens (tertiary/aromatic N) is 1. The number of ether oxygens (including phenoxy) is 1. The van der Waals surface area contributed by atoms with E-state index >= 15 is 0 Å². The Kier molecular flexibility index (Phi) is 5.69. The van der Waals surface area contributed by atoms with Gasteiger partial charge < -0.3 is 15.0 Å². The molecule has 2 aromatic rings. The number of hydrogen-bond acceptors (Lipinski definition) is 2. The zero-order chi connectivity index (χ0) is 20.4. The number of quaternary nitrogens is 1. The number of allylic oxidation sites excluding steroid dienone is 1. The SMILES string of the molecule is C[NH2+]c1ccccc1C(C)(C)C/C=C/c1cc2c3c(c1OC)CCCN3CCC2. The van der Waals surface area contributed by atoms with E-state index in [4.69, 9.17) is 4.74 Å². The van der Waals surface area contributed by atoms with Crippen molar-refractivity contribution in [2.24, 2.45) is 0 Å². The highest BCUT2D eigenvalue weighted by molar-refractivity contribution is 5.74. The van der Waals surface area contributed by atoms with Gasteiger partial charge in [0.25, 0.3) is 0 Å². The first kappa shape index (κ1) is 20.0. The highest BCUT2D eigenvalue weighted by atomic mass is 16.5. The Hall–Kier alpha value is -2.26. The summed E-state index contributed by atoms with van der Waals surface area (Å²) in [5.41, 5.74) is 8.50. The van der Waals surface area contributed by atoms with Crippen LogP contribution in [0.5, 0.6) is 5.75 Å². The van der Waals surface area contributed by atoms with Crippen LogP contribution in [0.15, 0.2) is 36.4 Å². The average molecular weight is 392 g/mol. The van der Waals surface area contributed by atoms with E-state index in [1.807, 2.05) is 7.11 Å². The lowest BCUT2D eigenvalue weighted by Gasteiger charge is -2.38. The number of benzene rings is 2.